The Bertz CT molecular complexity index is 610. The number of para-hydroxylation sites is 1. The average molecular weight is 323 g/mol. The summed E-state index contributed by atoms with van der Waals surface area (Å²) in [6, 6.07) is 5.42. The maximum atomic E-state index is 12.8. The summed E-state index contributed by atoms with van der Waals surface area (Å²) in [5.41, 5.74) is 2.37. The van der Waals surface area contributed by atoms with Gasteiger partial charge in [-0.3, -0.25) is 9.35 Å². The number of esters is 1. The minimum absolute atomic E-state index is 0.409. The molecule has 0 aliphatic carbocycles. The number of ether oxygens (including phenoxy) is 1. The molecule has 0 saturated heterocycles. The molecule has 0 aliphatic heterocycles. The summed E-state index contributed by atoms with van der Waals surface area (Å²) in [6.07, 6.45) is 0. The summed E-state index contributed by atoms with van der Waals surface area (Å²) in [5, 5.41) is -1.80. The number of hydrogen-bond acceptors (Lipinski definition) is 5. The van der Waals surface area contributed by atoms with Crippen LogP contribution in [0.4, 0.5) is 14.5 Å². The fourth-order valence-electron chi connectivity index (χ4n) is 1.54. The third-order valence-corrected chi connectivity index (χ3v) is 3.54. The van der Waals surface area contributed by atoms with E-state index in [1.165, 1.54) is 0 Å². The molecule has 0 aromatic heterocycles. The van der Waals surface area contributed by atoms with E-state index in [1.807, 2.05) is 6.07 Å². The molecule has 0 atom stereocenters. The Morgan fingerprint density at radius 2 is 1.86 bits per heavy atom. The molecule has 0 unspecified atom stereocenters. The first-order valence-electron chi connectivity index (χ1n) is 5.85. The normalized spacial score (nSPS) is 12.0. The molecule has 0 aliphatic rings. The van der Waals surface area contributed by atoms with Crippen molar-refractivity contribution in [1.29, 1.82) is 0 Å². The predicted octanol–water partition coefficient (Wildman–Crippen LogP) is 1.74. The van der Waals surface area contributed by atoms with Gasteiger partial charge in [-0.1, -0.05) is 18.2 Å². The predicted molar refractivity (Wildman–Crippen MR) is 71.9 cm³/mol. The van der Waals surface area contributed by atoms with E-state index in [0.717, 1.165) is 11.1 Å². The van der Waals surface area contributed by atoms with Crippen molar-refractivity contribution in [1.82, 2.24) is 0 Å². The second-order valence-corrected chi connectivity index (χ2v) is 5.94. The lowest BCUT2D eigenvalue weighted by atomic mass is 10.1. The zero-order valence-corrected chi connectivity index (χ0v) is 12.2. The third-order valence-electron chi connectivity index (χ3n) is 2.67. The monoisotopic (exact) mass is 323 g/mol. The molecule has 0 radical (unpaired) electrons. The Balaban J connectivity index is 2.57. The number of halogens is 2. The van der Waals surface area contributed by atoms with Gasteiger partial charge in [0, 0.05) is 5.69 Å². The fourth-order valence-corrected chi connectivity index (χ4v) is 1.75. The summed E-state index contributed by atoms with van der Waals surface area (Å²) < 4.78 is 58.8. The molecule has 0 heterocycles. The lowest BCUT2D eigenvalue weighted by Gasteiger charge is -2.14. The van der Waals surface area contributed by atoms with Gasteiger partial charge >= 0.3 is 21.3 Å². The molecule has 2 N–H and O–H groups in total. The van der Waals surface area contributed by atoms with Crippen molar-refractivity contribution in [3.63, 3.8) is 0 Å². The Kier molecular flexibility index (Phi) is 5.24. The van der Waals surface area contributed by atoms with Crippen LogP contribution in [0, 0.1) is 13.8 Å². The van der Waals surface area contributed by atoms with Gasteiger partial charge in [0.2, 0.25) is 0 Å². The standard InChI is InChI=1S/C12H15F2NO5S/c1-8-4-3-5-9(2)11(8)15-6-10(16)20-7-12(13,14)21(17,18)19/h3-5,15H,6-7H2,1-2H3,(H,17,18,19). The van der Waals surface area contributed by atoms with Gasteiger partial charge in [-0.15, -0.1) is 0 Å². The minimum Gasteiger partial charge on any atom is -0.457 e. The highest BCUT2D eigenvalue weighted by atomic mass is 32.2. The van der Waals surface area contributed by atoms with Crippen molar-refractivity contribution < 1.29 is 31.3 Å². The van der Waals surface area contributed by atoms with Gasteiger partial charge in [-0.25, -0.2) is 0 Å². The molecular formula is C12H15F2NO5S. The number of aryl methyl sites for hydroxylation is 2. The van der Waals surface area contributed by atoms with Crippen LogP contribution >= 0.6 is 0 Å². The van der Waals surface area contributed by atoms with Crippen LogP contribution in [0.15, 0.2) is 18.2 Å². The van der Waals surface area contributed by atoms with E-state index in [4.69, 9.17) is 4.55 Å². The van der Waals surface area contributed by atoms with Gasteiger partial charge in [-0.05, 0) is 25.0 Å². The third kappa shape index (κ3) is 4.64. The summed E-state index contributed by atoms with van der Waals surface area (Å²) in [5.74, 6) is -1.07. The SMILES string of the molecule is Cc1cccc(C)c1NCC(=O)OCC(F)(F)S(=O)(=O)O. The van der Waals surface area contributed by atoms with E-state index in [-0.39, 0.29) is 0 Å². The van der Waals surface area contributed by atoms with E-state index in [2.05, 4.69) is 10.1 Å². The Morgan fingerprint density at radius 1 is 1.33 bits per heavy atom. The minimum atomic E-state index is -5.61. The van der Waals surface area contributed by atoms with Crippen molar-refractivity contribution >= 4 is 21.8 Å². The highest BCUT2D eigenvalue weighted by Gasteiger charge is 2.45. The summed E-state index contributed by atoms with van der Waals surface area (Å²) in [4.78, 5) is 11.3. The molecule has 0 bridgehead atoms. The molecule has 1 rings (SSSR count). The summed E-state index contributed by atoms with van der Waals surface area (Å²) in [7, 11) is -5.61. The number of hydrogen-bond donors (Lipinski definition) is 2. The average Bonchev–Trinajstić information content (AvgIpc) is 2.34. The summed E-state index contributed by atoms with van der Waals surface area (Å²) in [6.45, 7) is 1.45. The van der Waals surface area contributed by atoms with Gasteiger partial charge in [-0.2, -0.15) is 17.2 Å². The molecular weight excluding hydrogens is 308 g/mol. The fraction of sp³-hybridized carbons (Fsp3) is 0.417. The van der Waals surface area contributed by atoms with Gasteiger partial charge in [0.25, 0.3) is 0 Å². The number of carbonyl (C=O) groups is 1. The van der Waals surface area contributed by atoms with E-state index in [0.29, 0.717) is 5.69 Å². The zero-order valence-electron chi connectivity index (χ0n) is 11.4. The second kappa shape index (κ2) is 6.35. The van der Waals surface area contributed by atoms with Crippen molar-refractivity contribution in [2.24, 2.45) is 0 Å². The molecule has 9 heteroatoms. The van der Waals surface area contributed by atoms with E-state index in [9.17, 15) is 22.0 Å². The van der Waals surface area contributed by atoms with E-state index >= 15 is 0 Å². The molecule has 1 aromatic carbocycles. The molecule has 0 spiro atoms. The largest absolute Gasteiger partial charge is 0.457 e. The first-order valence-corrected chi connectivity index (χ1v) is 7.29. The van der Waals surface area contributed by atoms with Gasteiger partial charge in [0.15, 0.2) is 6.61 Å². The number of benzene rings is 1. The maximum absolute atomic E-state index is 12.8. The van der Waals surface area contributed by atoms with Crippen LogP contribution in [0.5, 0.6) is 0 Å². The topological polar surface area (TPSA) is 92.7 Å². The lowest BCUT2D eigenvalue weighted by Crippen LogP contribution is -2.35. The summed E-state index contributed by atoms with van der Waals surface area (Å²) >= 11 is 0. The van der Waals surface area contributed by atoms with Crippen LogP contribution in [0.2, 0.25) is 0 Å². The molecule has 6 nitrogen and oxygen atoms in total. The van der Waals surface area contributed by atoms with Crippen LogP contribution < -0.4 is 5.32 Å². The number of alkyl halides is 2. The molecule has 0 amide bonds. The highest BCUT2D eigenvalue weighted by Crippen LogP contribution is 2.21. The Hall–Kier alpha value is -1.74. The van der Waals surface area contributed by atoms with Crippen molar-refractivity contribution in [3.05, 3.63) is 29.3 Å². The quantitative estimate of drug-likeness (QED) is 0.612. The molecule has 1 aromatic rings. The van der Waals surface area contributed by atoms with E-state index in [1.54, 1.807) is 26.0 Å². The molecule has 21 heavy (non-hydrogen) atoms. The van der Waals surface area contributed by atoms with Crippen molar-refractivity contribution in [2.75, 3.05) is 18.5 Å². The van der Waals surface area contributed by atoms with Crippen LogP contribution in [-0.4, -0.2) is 37.3 Å². The van der Waals surface area contributed by atoms with Gasteiger partial charge < -0.3 is 10.1 Å². The van der Waals surface area contributed by atoms with Crippen LogP contribution in [0.25, 0.3) is 0 Å². The van der Waals surface area contributed by atoms with Crippen molar-refractivity contribution in [3.8, 4) is 0 Å². The maximum Gasteiger partial charge on any atom is 0.402 e. The molecule has 0 fully saturated rings. The van der Waals surface area contributed by atoms with Crippen molar-refractivity contribution in [2.45, 2.75) is 19.1 Å². The first kappa shape index (κ1) is 17.3. The van der Waals surface area contributed by atoms with Crippen LogP contribution in [0.1, 0.15) is 11.1 Å². The second-order valence-electron chi connectivity index (χ2n) is 4.39. The van der Waals surface area contributed by atoms with Gasteiger partial charge in [0.05, 0.1) is 0 Å². The lowest BCUT2D eigenvalue weighted by molar-refractivity contribution is -0.147. The Labute approximate surface area is 120 Å². The number of carbonyl (C=O) groups excluding carboxylic acids is 1. The Morgan fingerprint density at radius 3 is 2.33 bits per heavy atom. The smallest absolute Gasteiger partial charge is 0.402 e. The number of anilines is 1. The molecule has 118 valence electrons. The van der Waals surface area contributed by atoms with Gasteiger partial charge in [0.1, 0.15) is 6.54 Å². The highest BCUT2D eigenvalue weighted by molar-refractivity contribution is 7.86. The van der Waals surface area contributed by atoms with E-state index < -0.39 is 34.5 Å². The van der Waals surface area contributed by atoms with Crippen LogP contribution in [0.3, 0.4) is 0 Å². The number of nitrogens with one attached hydrogen (secondary N) is 1. The van der Waals surface area contributed by atoms with Crippen LogP contribution in [-0.2, 0) is 19.6 Å². The zero-order chi connectivity index (χ0) is 16.3. The number of rotatable bonds is 6. The molecule has 0 saturated carbocycles. The first-order chi connectivity index (χ1) is 9.54.